The van der Waals surface area contributed by atoms with E-state index in [0.717, 1.165) is 33.5 Å². The highest BCUT2D eigenvalue weighted by Gasteiger charge is 2.34. The van der Waals surface area contributed by atoms with Gasteiger partial charge < -0.3 is 14.8 Å². The smallest absolute Gasteiger partial charge is 0.293 e. The van der Waals surface area contributed by atoms with Crippen molar-refractivity contribution in [2.45, 2.75) is 6.92 Å². The molecule has 0 radical (unpaired) electrons. The molecule has 0 spiro atoms. The quantitative estimate of drug-likeness (QED) is 0.358. The lowest BCUT2D eigenvalue weighted by atomic mass is 10.2. The lowest BCUT2D eigenvalue weighted by Gasteiger charge is -2.13. The van der Waals surface area contributed by atoms with Crippen molar-refractivity contribution < 1.29 is 23.9 Å². The van der Waals surface area contributed by atoms with Gasteiger partial charge in [-0.1, -0.05) is 54.1 Å². The maximum absolute atomic E-state index is 12.7. The molecule has 1 aliphatic heterocycles. The van der Waals surface area contributed by atoms with E-state index in [1.165, 1.54) is 0 Å². The summed E-state index contributed by atoms with van der Waals surface area (Å²) in [7, 11) is 0. The SMILES string of the molecule is Cc1ccccc1NC(=O)COc1ccc(/C=C2\SC(=O)N(CCOc3ccccc3Cl)C2=O)cc1. The predicted molar refractivity (Wildman–Crippen MR) is 141 cm³/mol. The molecule has 3 amide bonds. The highest BCUT2D eigenvalue weighted by atomic mass is 35.5. The molecule has 1 heterocycles. The van der Waals surface area contributed by atoms with Crippen LogP contribution >= 0.6 is 23.4 Å². The van der Waals surface area contributed by atoms with Gasteiger partial charge in [0.1, 0.15) is 18.1 Å². The zero-order chi connectivity index (χ0) is 25.5. The van der Waals surface area contributed by atoms with E-state index in [9.17, 15) is 14.4 Å². The molecule has 4 rings (SSSR count). The molecule has 1 aliphatic rings. The van der Waals surface area contributed by atoms with Crippen LogP contribution in [0.4, 0.5) is 10.5 Å². The number of nitrogens with one attached hydrogen (secondary N) is 1. The highest BCUT2D eigenvalue weighted by Crippen LogP contribution is 2.32. The fourth-order valence-corrected chi connectivity index (χ4v) is 4.42. The summed E-state index contributed by atoms with van der Waals surface area (Å²) in [4.78, 5) is 38.7. The monoisotopic (exact) mass is 522 g/mol. The Kier molecular flexibility index (Phi) is 8.30. The minimum Gasteiger partial charge on any atom is -0.490 e. The number of anilines is 1. The summed E-state index contributed by atoms with van der Waals surface area (Å²) in [5, 5.41) is 2.92. The second kappa shape index (κ2) is 11.8. The van der Waals surface area contributed by atoms with Gasteiger partial charge in [0.25, 0.3) is 17.1 Å². The molecule has 1 fully saturated rings. The van der Waals surface area contributed by atoms with Crippen molar-refractivity contribution in [3.63, 3.8) is 0 Å². The first-order chi connectivity index (χ1) is 17.4. The molecule has 3 aromatic carbocycles. The number of hydrogen-bond donors (Lipinski definition) is 1. The Balaban J connectivity index is 1.29. The zero-order valence-electron chi connectivity index (χ0n) is 19.4. The molecular formula is C27H23ClN2O5S. The maximum atomic E-state index is 12.7. The predicted octanol–water partition coefficient (Wildman–Crippen LogP) is 5.78. The van der Waals surface area contributed by atoms with Gasteiger partial charge in [-0.25, -0.2) is 0 Å². The average Bonchev–Trinajstić information content (AvgIpc) is 3.13. The van der Waals surface area contributed by atoms with Gasteiger partial charge in [0.05, 0.1) is 16.5 Å². The number of thioether (sulfide) groups is 1. The lowest BCUT2D eigenvalue weighted by molar-refractivity contribution is -0.123. The van der Waals surface area contributed by atoms with Crippen molar-refractivity contribution in [3.8, 4) is 11.5 Å². The largest absolute Gasteiger partial charge is 0.490 e. The first kappa shape index (κ1) is 25.3. The Morgan fingerprint density at radius 2 is 1.72 bits per heavy atom. The summed E-state index contributed by atoms with van der Waals surface area (Å²) < 4.78 is 11.2. The molecule has 0 unspecified atom stereocenters. The molecule has 36 heavy (non-hydrogen) atoms. The van der Waals surface area contributed by atoms with Crippen molar-refractivity contribution in [2.75, 3.05) is 25.1 Å². The van der Waals surface area contributed by atoms with Crippen LogP contribution in [-0.2, 0) is 9.59 Å². The summed E-state index contributed by atoms with van der Waals surface area (Å²) in [5.41, 5.74) is 2.43. The second-order valence-electron chi connectivity index (χ2n) is 7.83. The molecular weight excluding hydrogens is 500 g/mol. The van der Waals surface area contributed by atoms with E-state index < -0.39 is 0 Å². The van der Waals surface area contributed by atoms with E-state index in [2.05, 4.69) is 5.32 Å². The first-order valence-corrected chi connectivity index (χ1v) is 12.3. The van der Waals surface area contributed by atoms with Crippen molar-refractivity contribution in [3.05, 3.63) is 93.9 Å². The number of para-hydroxylation sites is 2. The second-order valence-corrected chi connectivity index (χ2v) is 9.23. The van der Waals surface area contributed by atoms with E-state index in [1.54, 1.807) is 54.6 Å². The number of halogens is 1. The van der Waals surface area contributed by atoms with Crippen LogP contribution in [0, 0.1) is 6.92 Å². The Hall–Kier alpha value is -3.75. The van der Waals surface area contributed by atoms with Crippen LogP contribution in [0.15, 0.2) is 77.7 Å². The van der Waals surface area contributed by atoms with Gasteiger partial charge in [0.2, 0.25) is 0 Å². The molecule has 0 bridgehead atoms. The van der Waals surface area contributed by atoms with Crippen molar-refractivity contribution in [1.82, 2.24) is 4.90 Å². The van der Waals surface area contributed by atoms with E-state index in [1.807, 2.05) is 31.2 Å². The van der Waals surface area contributed by atoms with E-state index >= 15 is 0 Å². The Labute approximate surface area is 218 Å². The number of carbonyl (C=O) groups excluding carboxylic acids is 3. The molecule has 0 aliphatic carbocycles. The number of rotatable bonds is 9. The molecule has 1 saturated heterocycles. The van der Waals surface area contributed by atoms with Gasteiger partial charge in [-0.2, -0.15) is 0 Å². The van der Waals surface area contributed by atoms with Gasteiger partial charge in [-0.3, -0.25) is 19.3 Å². The third kappa shape index (κ3) is 6.47. The average molecular weight is 523 g/mol. The van der Waals surface area contributed by atoms with Crippen LogP contribution in [0.2, 0.25) is 5.02 Å². The lowest BCUT2D eigenvalue weighted by Crippen LogP contribution is -2.32. The minimum atomic E-state index is -0.374. The standard InChI is InChI=1S/C27H23ClN2O5S/c1-18-6-2-4-8-22(18)29-25(31)17-35-20-12-10-19(11-13-20)16-24-26(32)30(27(33)36-24)14-15-34-23-9-5-3-7-21(23)28/h2-13,16H,14-15,17H2,1H3,(H,29,31)/b24-16-. The zero-order valence-corrected chi connectivity index (χ0v) is 21.0. The highest BCUT2D eigenvalue weighted by molar-refractivity contribution is 8.18. The molecule has 9 heteroatoms. The van der Waals surface area contributed by atoms with Gasteiger partial charge >= 0.3 is 0 Å². The maximum Gasteiger partial charge on any atom is 0.293 e. The number of amides is 3. The fraction of sp³-hybridized carbons (Fsp3) is 0.148. The number of nitrogens with zero attached hydrogens (tertiary/aromatic N) is 1. The molecule has 3 aromatic rings. The van der Waals surface area contributed by atoms with Crippen molar-refractivity contribution in [1.29, 1.82) is 0 Å². The van der Waals surface area contributed by atoms with Gasteiger partial charge in [0.15, 0.2) is 6.61 Å². The normalized spacial score (nSPS) is 14.3. The first-order valence-electron chi connectivity index (χ1n) is 11.1. The summed E-state index contributed by atoms with van der Waals surface area (Å²) in [5.74, 6) is 0.370. The van der Waals surface area contributed by atoms with Crippen molar-refractivity contribution in [2.24, 2.45) is 0 Å². The summed E-state index contributed by atoms with van der Waals surface area (Å²) in [6, 6.07) is 21.4. The number of hydrogen-bond acceptors (Lipinski definition) is 6. The summed E-state index contributed by atoms with van der Waals surface area (Å²) >= 11 is 6.94. The molecule has 7 nitrogen and oxygen atoms in total. The minimum absolute atomic E-state index is 0.116. The topological polar surface area (TPSA) is 84.9 Å². The third-order valence-corrected chi connectivity index (χ3v) is 6.47. The third-order valence-electron chi connectivity index (χ3n) is 5.25. The van der Waals surface area contributed by atoms with E-state index in [-0.39, 0.29) is 36.8 Å². The van der Waals surface area contributed by atoms with Crippen LogP contribution in [0.5, 0.6) is 11.5 Å². The Morgan fingerprint density at radius 1 is 1.00 bits per heavy atom. The number of aryl methyl sites for hydroxylation is 1. The number of imide groups is 1. The molecule has 0 atom stereocenters. The van der Waals surface area contributed by atoms with Gasteiger partial charge in [-0.15, -0.1) is 0 Å². The number of carbonyl (C=O) groups is 3. The van der Waals surface area contributed by atoms with Crippen LogP contribution in [0.25, 0.3) is 6.08 Å². The molecule has 184 valence electrons. The van der Waals surface area contributed by atoms with Gasteiger partial charge in [0, 0.05) is 5.69 Å². The molecule has 1 N–H and O–H groups in total. The Bertz CT molecular complexity index is 1310. The number of benzene rings is 3. The van der Waals surface area contributed by atoms with Crippen molar-refractivity contribution >= 4 is 52.2 Å². The summed E-state index contributed by atoms with van der Waals surface area (Å²) in [6.07, 6.45) is 1.65. The fourth-order valence-electron chi connectivity index (χ4n) is 3.36. The summed E-state index contributed by atoms with van der Waals surface area (Å²) in [6.45, 7) is 2.03. The molecule has 0 saturated carbocycles. The van der Waals surface area contributed by atoms with Gasteiger partial charge in [-0.05, 0) is 66.2 Å². The Morgan fingerprint density at radius 3 is 2.47 bits per heavy atom. The number of ether oxygens (including phenoxy) is 2. The van der Waals surface area contributed by atoms with E-state index in [4.69, 9.17) is 21.1 Å². The van der Waals surface area contributed by atoms with Crippen LogP contribution in [0.3, 0.4) is 0 Å². The van der Waals surface area contributed by atoms with Crippen LogP contribution in [-0.4, -0.2) is 41.7 Å². The van der Waals surface area contributed by atoms with Crippen LogP contribution < -0.4 is 14.8 Å². The molecule has 0 aromatic heterocycles. The van der Waals surface area contributed by atoms with Crippen LogP contribution in [0.1, 0.15) is 11.1 Å². The van der Waals surface area contributed by atoms with E-state index in [0.29, 0.717) is 21.4 Å².